The molecule has 0 radical (unpaired) electrons. The molecule has 4 rings (SSSR count). The number of nitrogens with zero attached hydrogens (tertiary/aromatic N) is 2. The second kappa shape index (κ2) is 10.9. The van der Waals surface area contributed by atoms with Gasteiger partial charge in [-0.05, 0) is 55.3 Å². The quantitative estimate of drug-likeness (QED) is 0.365. The molecule has 206 valence electrons. The maximum atomic E-state index is 13.4. The molecule has 1 aliphatic heterocycles. The van der Waals surface area contributed by atoms with E-state index in [1.165, 1.54) is 0 Å². The molecule has 2 aromatic carbocycles. The Morgan fingerprint density at radius 1 is 1.00 bits per heavy atom. The third-order valence-electron chi connectivity index (χ3n) is 6.83. The van der Waals surface area contributed by atoms with Crippen LogP contribution in [0, 0.1) is 0 Å². The molecule has 1 atom stereocenters. The average Bonchev–Trinajstić information content (AvgIpc) is 3.29. The topological polar surface area (TPSA) is 94.2 Å². The van der Waals surface area contributed by atoms with E-state index in [0.717, 1.165) is 5.56 Å². The van der Waals surface area contributed by atoms with E-state index in [9.17, 15) is 36.2 Å². The van der Waals surface area contributed by atoms with Crippen molar-refractivity contribution in [2.75, 3.05) is 26.3 Å². The van der Waals surface area contributed by atoms with Crippen molar-refractivity contribution in [1.82, 2.24) is 20.1 Å². The number of aromatic amines is 2. The first-order valence-electron chi connectivity index (χ1n) is 11.8. The Morgan fingerprint density at radius 3 is 2.11 bits per heavy atom. The monoisotopic (exact) mass is 544 g/mol. The minimum Gasteiger partial charge on any atom is -0.393 e. The van der Waals surface area contributed by atoms with Gasteiger partial charge < -0.3 is 9.84 Å². The van der Waals surface area contributed by atoms with Crippen molar-refractivity contribution >= 4 is 0 Å². The summed E-state index contributed by atoms with van der Waals surface area (Å²) < 4.78 is 86.0. The van der Waals surface area contributed by atoms with Crippen molar-refractivity contribution in [2.24, 2.45) is 0 Å². The highest BCUT2D eigenvalue weighted by molar-refractivity contribution is 5.35. The van der Waals surface area contributed by atoms with E-state index in [2.05, 4.69) is 20.1 Å². The number of aliphatic hydroxyl groups excluding tert-OH is 1. The van der Waals surface area contributed by atoms with Crippen LogP contribution in [0.3, 0.4) is 0 Å². The van der Waals surface area contributed by atoms with Crippen LogP contribution in [-0.2, 0) is 29.0 Å². The number of piperidine rings is 1. The predicted octanol–water partition coefficient (Wildman–Crippen LogP) is 4.42. The number of hydrogen-bond acceptors (Lipinski definition) is 5. The zero-order chi connectivity index (χ0) is 27.6. The minimum atomic E-state index is -5.01. The second-order valence-electron chi connectivity index (χ2n) is 9.37. The molecule has 7 nitrogen and oxygen atoms in total. The highest BCUT2D eigenvalue weighted by Crippen LogP contribution is 2.40. The van der Waals surface area contributed by atoms with Crippen molar-refractivity contribution in [3.05, 3.63) is 87.1 Å². The number of aliphatic hydroxyl groups is 1. The molecule has 0 saturated carbocycles. The molecule has 2 heterocycles. The smallest absolute Gasteiger partial charge is 0.393 e. The summed E-state index contributed by atoms with van der Waals surface area (Å²) in [6.45, 7) is 0.695. The molecule has 1 fully saturated rings. The molecular weight excluding hydrogens is 518 g/mol. The maximum Gasteiger partial charge on any atom is 0.416 e. The van der Waals surface area contributed by atoms with E-state index in [1.54, 1.807) is 0 Å². The van der Waals surface area contributed by atoms with Gasteiger partial charge in [0.1, 0.15) is 11.9 Å². The van der Waals surface area contributed by atoms with Crippen LogP contribution >= 0.6 is 0 Å². The summed E-state index contributed by atoms with van der Waals surface area (Å²) in [4.78, 5) is 16.0. The van der Waals surface area contributed by atoms with Gasteiger partial charge in [0.2, 0.25) is 0 Å². The molecule has 0 amide bonds. The van der Waals surface area contributed by atoms with Crippen molar-refractivity contribution < 1.29 is 36.2 Å². The van der Waals surface area contributed by atoms with Crippen molar-refractivity contribution in [3.8, 4) is 0 Å². The van der Waals surface area contributed by atoms with Crippen LogP contribution in [0.25, 0.3) is 0 Å². The normalized spacial score (nSPS) is 17.4. The largest absolute Gasteiger partial charge is 0.416 e. The number of alkyl halides is 6. The molecule has 1 unspecified atom stereocenters. The van der Waals surface area contributed by atoms with E-state index in [4.69, 9.17) is 4.74 Å². The molecule has 0 spiro atoms. The van der Waals surface area contributed by atoms with Crippen molar-refractivity contribution in [2.45, 2.75) is 43.3 Å². The van der Waals surface area contributed by atoms with Gasteiger partial charge in [0.05, 0.1) is 30.9 Å². The molecule has 1 aromatic heterocycles. The molecule has 3 aromatic rings. The van der Waals surface area contributed by atoms with Gasteiger partial charge in [-0.2, -0.15) is 31.4 Å². The number of hydrogen-bond donors (Lipinski definition) is 3. The fourth-order valence-electron chi connectivity index (χ4n) is 4.72. The van der Waals surface area contributed by atoms with E-state index in [1.807, 2.05) is 30.3 Å². The number of halogens is 6. The molecule has 1 saturated heterocycles. The van der Waals surface area contributed by atoms with Gasteiger partial charge in [-0.15, -0.1) is 0 Å². The predicted molar refractivity (Wildman–Crippen MR) is 124 cm³/mol. The Balaban J connectivity index is 1.56. The van der Waals surface area contributed by atoms with Crippen molar-refractivity contribution in [1.29, 1.82) is 0 Å². The number of benzene rings is 2. The fraction of sp³-hybridized carbons (Fsp3) is 0.440. The third kappa shape index (κ3) is 6.45. The number of aromatic nitrogens is 3. The summed E-state index contributed by atoms with van der Waals surface area (Å²) in [5.41, 5.74) is -3.44. The lowest BCUT2D eigenvalue weighted by Crippen LogP contribution is -2.45. The summed E-state index contributed by atoms with van der Waals surface area (Å²) >= 11 is 0. The van der Waals surface area contributed by atoms with Gasteiger partial charge in [0.15, 0.2) is 0 Å². The second-order valence-corrected chi connectivity index (χ2v) is 9.37. The minimum absolute atomic E-state index is 0.0348. The standard InChI is InChI=1S/C25H26F6N4O3/c26-24(27,28)18-10-16(11-19(12-18)25(29,30)31)20(14-36)38-15-23(17-4-2-1-3-5-17)6-8-35(9-7-23)13-21-32-22(37)34-33-21/h1-5,10-12,20,36H,6-9,13-15H2,(H2,32,33,34,37). The Morgan fingerprint density at radius 2 is 1.61 bits per heavy atom. The van der Waals surface area contributed by atoms with E-state index < -0.39 is 52.9 Å². The van der Waals surface area contributed by atoms with Gasteiger partial charge in [0.25, 0.3) is 0 Å². The Bertz CT molecular complexity index is 1230. The molecule has 38 heavy (non-hydrogen) atoms. The van der Waals surface area contributed by atoms with Gasteiger partial charge in [-0.25, -0.2) is 9.89 Å². The van der Waals surface area contributed by atoms with Crippen LogP contribution in [-0.4, -0.2) is 51.5 Å². The molecule has 0 aliphatic carbocycles. The highest BCUT2D eigenvalue weighted by atomic mass is 19.4. The molecule has 13 heteroatoms. The van der Waals surface area contributed by atoms with Crippen LogP contribution in [0.15, 0.2) is 53.3 Å². The van der Waals surface area contributed by atoms with E-state index >= 15 is 0 Å². The van der Waals surface area contributed by atoms with Gasteiger partial charge in [-0.3, -0.25) is 9.88 Å². The number of ether oxygens (including phenoxy) is 1. The van der Waals surface area contributed by atoms with Crippen LogP contribution < -0.4 is 5.69 Å². The lowest BCUT2D eigenvalue weighted by molar-refractivity contribution is -0.143. The summed E-state index contributed by atoms with van der Waals surface area (Å²) in [6, 6.07) is 10.5. The lowest BCUT2D eigenvalue weighted by atomic mass is 9.73. The van der Waals surface area contributed by atoms with Crippen LogP contribution in [0.5, 0.6) is 0 Å². The van der Waals surface area contributed by atoms with Crippen molar-refractivity contribution in [3.63, 3.8) is 0 Å². The first-order valence-corrected chi connectivity index (χ1v) is 11.8. The number of likely N-dealkylation sites (tertiary alicyclic amines) is 1. The molecule has 0 bridgehead atoms. The van der Waals surface area contributed by atoms with Gasteiger partial charge in [0, 0.05) is 5.41 Å². The number of rotatable bonds is 8. The highest BCUT2D eigenvalue weighted by Gasteiger charge is 2.40. The first kappa shape index (κ1) is 27.9. The van der Waals surface area contributed by atoms with E-state index in [0.29, 0.717) is 50.4 Å². The molecule has 3 N–H and O–H groups in total. The van der Waals surface area contributed by atoms with E-state index in [-0.39, 0.29) is 12.7 Å². The van der Waals surface area contributed by atoms with Crippen LogP contribution in [0.2, 0.25) is 0 Å². The SMILES string of the molecule is O=c1[nH]nc(CN2CCC(COC(CO)c3cc(C(F)(F)F)cc(C(F)(F)F)c3)(c3ccccc3)CC2)[nH]1. The number of nitrogens with one attached hydrogen (secondary N) is 2. The average molecular weight is 544 g/mol. The zero-order valence-electron chi connectivity index (χ0n) is 20.1. The summed E-state index contributed by atoms with van der Waals surface area (Å²) in [5.74, 6) is 0.476. The fourth-order valence-corrected chi connectivity index (χ4v) is 4.72. The number of H-pyrrole nitrogens is 2. The maximum absolute atomic E-state index is 13.4. The van der Waals surface area contributed by atoms with Crippen LogP contribution in [0.1, 0.15) is 47.0 Å². The first-order chi connectivity index (χ1) is 17.9. The molecule has 1 aliphatic rings. The Labute approximate surface area is 213 Å². The summed E-state index contributed by atoms with van der Waals surface area (Å²) in [6.07, 6.45) is -10.3. The molecular formula is C25H26F6N4O3. The third-order valence-corrected chi connectivity index (χ3v) is 6.83. The van der Waals surface area contributed by atoms with Gasteiger partial charge >= 0.3 is 18.0 Å². The van der Waals surface area contributed by atoms with Crippen LogP contribution in [0.4, 0.5) is 26.3 Å². The van der Waals surface area contributed by atoms with Gasteiger partial charge in [-0.1, -0.05) is 30.3 Å². The summed E-state index contributed by atoms with van der Waals surface area (Å²) in [7, 11) is 0. The Kier molecular flexibility index (Phi) is 8.00. The zero-order valence-corrected chi connectivity index (χ0v) is 20.1. The lowest BCUT2D eigenvalue weighted by Gasteiger charge is -2.42. The Hall–Kier alpha value is -3.16. The summed E-state index contributed by atoms with van der Waals surface area (Å²) in [5, 5.41) is 16.1.